The molecule has 0 aromatic heterocycles. The summed E-state index contributed by atoms with van der Waals surface area (Å²) in [6, 6.07) is 0. The molecular weight excluding hydrogens is 313 g/mol. The van der Waals surface area contributed by atoms with E-state index in [-0.39, 0.29) is 42.5 Å². The predicted octanol–water partition coefficient (Wildman–Crippen LogP) is 2.48. The number of nitrogens with two attached hydrogens (primary N) is 1. The Balaban J connectivity index is 0. The molecule has 0 radical (unpaired) electrons. The Morgan fingerprint density at radius 1 is 1.00 bits per heavy atom. The van der Waals surface area contributed by atoms with Crippen molar-refractivity contribution in [1.82, 2.24) is 0 Å². The van der Waals surface area contributed by atoms with Gasteiger partial charge in [0.05, 0.1) is 0 Å². The SMILES string of the molecule is CCCCCCCCCCCC(=O)OS(=O)(=O)C(C)CN.[NaH]. The first-order chi connectivity index (χ1) is 9.94. The predicted molar refractivity (Wildman–Crippen MR) is 92.5 cm³/mol. The second kappa shape index (κ2) is 14.9. The first-order valence-electron chi connectivity index (χ1n) is 8.10. The van der Waals surface area contributed by atoms with Gasteiger partial charge in [-0.2, -0.15) is 8.42 Å². The van der Waals surface area contributed by atoms with E-state index in [1.807, 2.05) is 0 Å². The van der Waals surface area contributed by atoms with E-state index >= 15 is 0 Å². The maximum absolute atomic E-state index is 11.5. The van der Waals surface area contributed by atoms with Crippen LogP contribution in [-0.2, 0) is 19.1 Å². The van der Waals surface area contributed by atoms with Crippen molar-refractivity contribution in [3.05, 3.63) is 0 Å². The fourth-order valence-corrected chi connectivity index (χ4v) is 2.69. The first kappa shape index (κ1) is 24.6. The molecule has 0 aliphatic rings. The fourth-order valence-electron chi connectivity index (χ4n) is 1.95. The van der Waals surface area contributed by atoms with E-state index in [0.717, 1.165) is 12.8 Å². The van der Waals surface area contributed by atoms with Gasteiger partial charge in [-0.15, -0.1) is 0 Å². The molecule has 0 spiro atoms. The zero-order valence-corrected chi connectivity index (χ0v) is 14.3. The summed E-state index contributed by atoms with van der Waals surface area (Å²) in [5.41, 5.74) is 5.26. The van der Waals surface area contributed by atoms with Crippen molar-refractivity contribution in [3.8, 4) is 0 Å². The molecule has 0 saturated heterocycles. The fraction of sp³-hybridized carbons (Fsp3) is 0.933. The maximum atomic E-state index is 11.5. The third-order valence-electron chi connectivity index (χ3n) is 3.52. The van der Waals surface area contributed by atoms with E-state index in [0.29, 0.717) is 6.42 Å². The summed E-state index contributed by atoms with van der Waals surface area (Å²) in [5.74, 6) is -0.668. The summed E-state index contributed by atoms with van der Waals surface area (Å²) in [7, 11) is -3.84. The quantitative estimate of drug-likeness (QED) is 0.315. The molecule has 0 bridgehead atoms. The van der Waals surface area contributed by atoms with Crippen LogP contribution in [0.3, 0.4) is 0 Å². The molecule has 0 amide bonds. The first-order valence-corrected chi connectivity index (χ1v) is 9.57. The Morgan fingerprint density at radius 2 is 1.45 bits per heavy atom. The van der Waals surface area contributed by atoms with Gasteiger partial charge in [0.1, 0.15) is 5.25 Å². The van der Waals surface area contributed by atoms with Gasteiger partial charge in [-0.25, -0.2) is 0 Å². The van der Waals surface area contributed by atoms with Gasteiger partial charge in [-0.05, 0) is 13.3 Å². The number of carbonyl (C=O) groups is 1. The summed E-state index contributed by atoms with van der Waals surface area (Å²) in [5, 5.41) is -0.843. The van der Waals surface area contributed by atoms with E-state index in [9.17, 15) is 13.2 Å². The minimum atomic E-state index is -3.84. The van der Waals surface area contributed by atoms with Gasteiger partial charge in [-0.3, -0.25) is 4.79 Å². The van der Waals surface area contributed by atoms with Crippen molar-refractivity contribution in [2.24, 2.45) is 5.73 Å². The number of hydrogen-bond donors (Lipinski definition) is 1. The summed E-state index contributed by atoms with van der Waals surface area (Å²) < 4.78 is 27.5. The van der Waals surface area contributed by atoms with Crippen LogP contribution < -0.4 is 5.73 Å². The second-order valence-corrected chi connectivity index (χ2v) is 7.53. The van der Waals surface area contributed by atoms with Gasteiger partial charge < -0.3 is 9.92 Å². The molecule has 0 heterocycles. The molecule has 0 saturated carbocycles. The van der Waals surface area contributed by atoms with Gasteiger partial charge in [0.25, 0.3) is 0 Å². The van der Waals surface area contributed by atoms with E-state index < -0.39 is 21.3 Å². The molecule has 7 heteroatoms. The summed E-state index contributed by atoms with van der Waals surface area (Å²) in [4.78, 5) is 11.4. The van der Waals surface area contributed by atoms with Crippen molar-refractivity contribution >= 4 is 45.6 Å². The normalized spacial score (nSPS) is 12.5. The van der Waals surface area contributed by atoms with Gasteiger partial charge in [0.15, 0.2) is 0 Å². The Bertz CT molecular complexity index is 374. The standard InChI is InChI=1S/C15H31NO4S.Na.H/c1-3-4-5-6-7-8-9-10-11-12-15(17)20-21(18,19)14(2)13-16;;/h14H,3-13,16H2,1-2H3;;. The van der Waals surface area contributed by atoms with Crippen LogP contribution in [0.1, 0.15) is 78.1 Å². The molecule has 22 heavy (non-hydrogen) atoms. The molecule has 0 aromatic rings. The molecule has 0 aromatic carbocycles. The van der Waals surface area contributed by atoms with E-state index in [1.165, 1.54) is 45.4 Å². The van der Waals surface area contributed by atoms with Crippen molar-refractivity contribution in [2.45, 2.75) is 83.3 Å². The Labute approximate surface area is 158 Å². The molecule has 1 unspecified atom stereocenters. The van der Waals surface area contributed by atoms with E-state index in [1.54, 1.807) is 0 Å². The van der Waals surface area contributed by atoms with Crippen LogP contribution in [0.4, 0.5) is 0 Å². The third-order valence-corrected chi connectivity index (χ3v) is 5.11. The molecular formula is C15H32NNaO4S. The Hall–Kier alpha value is 0.380. The summed E-state index contributed by atoms with van der Waals surface area (Å²) in [6.07, 6.45) is 10.4. The molecule has 0 rings (SSSR count). The van der Waals surface area contributed by atoms with Gasteiger partial charge in [-0.1, -0.05) is 58.3 Å². The molecule has 0 aliphatic heterocycles. The van der Waals surface area contributed by atoms with Crippen molar-refractivity contribution in [3.63, 3.8) is 0 Å². The number of unbranched alkanes of at least 4 members (excludes halogenated alkanes) is 8. The molecule has 0 fully saturated rings. The zero-order valence-electron chi connectivity index (χ0n) is 13.5. The minimum absolute atomic E-state index is 0. The average Bonchev–Trinajstić information content (AvgIpc) is 2.44. The monoisotopic (exact) mass is 345 g/mol. The van der Waals surface area contributed by atoms with E-state index in [2.05, 4.69) is 11.1 Å². The molecule has 5 nitrogen and oxygen atoms in total. The van der Waals surface area contributed by atoms with Crippen LogP contribution >= 0.6 is 0 Å². The van der Waals surface area contributed by atoms with Crippen molar-refractivity contribution in [1.29, 1.82) is 0 Å². The van der Waals surface area contributed by atoms with Crippen LogP contribution in [0.25, 0.3) is 0 Å². The van der Waals surface area contributed by atoms with Crippen LogP contribution in [0.2, 0.25) is 0 Å². The number of rotatable bonds is 13. The third kappa shape index (κ3) is 12.9. The van der Waals surface area contributed by atoms with Gasteiger partial charge in [0.2, 0.25) is 0 Å². The molecule has 1 atom stereocenters. The van der Waals surface area contributed by atoms with Crippen molar-refractivity contribution in [2.75, 3.05) is 6.54 Å². The summed E-state index contributed by atoms with van der Waals surface area (Å²) >= 11 is 0. The van der Waals surface area contributed by atoms with E-state index in [4.69, 9.17) is 5.73 Å². The molecule has 128 valence electrons. The van der Waals surface area contributed by atoms with Crippen molar-refractivity contribution < 1.29 is 17.4 Å². The topological polar surface area (TPSA) is 86.5 Å². The van der Waals surface area contributed by atoms with Crippen LogP contribution in [0.15, 0.2) is 0 Å². The van der Waals surface area contributed by atoms with Crippen LogP contribution in [0.5, 0.6) is 0 Å². The Morgan fingerprint density at radius 3 is 1.91 bits per heavy atom. The van der Waals surface area contributed by atoms with Crippen LogP contribution in [-0.4, -0.2) is 55.7 Å². The molecule has 0 aliphatic carbocycles. The zero-order chi connectivity index (χ0) is 16.1. The molecule has 2 N–H and O–H groups in total. The summed E-state index contributed by atoms with van der Waals surface area (Å²) in [6.45, 7) is 3.59. The van der Waals surface area contributed by atoms with Gasteiger partial charge in [0, 0.05) is 13.0 Å². The second-order valence-electron chi connectivity index (χ2n) is 5.57. The van der Waals surface area contributed by atoms with Gasteiger partial charge >= 0.3 is 45.6 Å². The average molecular weight is 345 g/mol. The number of hydrogen-bond acceptors (Lipinski definition) is 5. The van der Waals surface area contributed by atoms with Crippen LogP contribution in [0, 0.1) is 0 Å². The Kier molecular flexibility index (Phi) is 16.7. The number of carbonyl (C=O) groups excluding carboxylic acids is 1.